The normalized spacial score (nSPS) is 11.7. The maximum Gasteiger partial charge on any atom is 0.327 e. The molecule has 6 nitrogen and oxygen atoms in total. The molecule has 32 heavy (non-hydrogen) atoms. The van der Waals surface area contributed by atoms with Crippen LogP contribution in [0.4, 0.5) is 0 Å². The smallest absolute Gasteiger partial charge is 0.327 e. The van der Waals surface area contributed by atoms with Gasteiger partial charge in [0.1, 0.15) is 6.54 Å². The van der Waals surface area contributed by atoms with E-state index in [-0.39, 0.29) is 18.4 Å². The predicted molar refractivity (Wildman–Crippen MR) is 126 cm³/mol. The first-order valence-electron chi connectivity index (χ1n) is 10.8. The van der Waals surface area contributed by atoms with E-state index in [4.69, 9.17) is 4.74 Å². The van der Waals surface area contributed by atoms with Crippen LogP contribution in [0.2, 0.25) is 0 Å². The lowest BCUT2D eigenvalue weighted by molar-refractivity contribution is -0.144. The van der Waals surface area contributed by atoms with Crippen LogP contribution in [0.5, 0.6) is 0 Å². The second-order valence-corrected chi connectivity index (χ2v) is 10.1. The number of sulfone groups is 1. The van der Waals surface area contributed by atoms with E-state index in [1.165, 1.54) is 6.26 Å². The Hall–Kier alpha value is -2.93. The Balaban J connectivity index is 1.98. The summed E-state index contributed by atoms with van der Waals surface area (Å²) in [7, 11) is -3.31. The minimum Gasteiger partial charge on any atom is -0.465 e. The molecule has 0 unspecified atom stereocenters. The van der Waals surface area contributed by atoms with E-state index < -0.39 is 9.84 Å². The number of ether oxygens (including phenoxy) is 1. The van der Waals surface area contributed by atoms with Crippen molar-refractivity contribution in [3.8, 4) is 22.4 Å². The van der Waals surface area contributed by atoms with Gasteiger partial charge in [-0.3, -0.25) is 9.48 Å². The first kappa shape index (κ1) is 23.7. The van der Waals surface area contributed by atoms with Crippen molar-refractivity contribution in [2.75, 3.05) is 12.9 Å². The number of hydrogen-bond donors (Lipinski definition) is 0. The van der Waals surface area contributed by atoms with Crippen molar-refractivity contribution < 1.29 is 17.9 Å². The molecule has 0 saturated carbocycles. The van der Waals surface area contributed by atoms with Crippen molar-refractivity contribution in [3.05, 3.63) is 59.8 Å². The average molecular weight is 455 g/mol. The molecular weight excluding hydrogens is 424 g/mol. The Labute approximate surface area is 190 Å². The number of aryl methyl sites for hydroxylation is 1. The highest BCUT2D eigenvalue weighted by molar-refractivity contribution is 7.90. The van der Waals surface area contributed by atoms with Gasteiger partial charge in [-0.2, -0.15) is 5.10 Å². The van der Waals surface area contributed by atoms with Gasteiger partial charge < -0.3 is 4.74 Å². The molecule has 0 atom stereocenters. The van der Waals surface area contributed by atoms with Gasteiger partial charge in [-0.05, 0) is 53.6 Å². The number of carbonyl (C=O) groups is 1. The van der Waals surface area contributed by atoms with Gasteiger partial charge >= 0.3 is 5.97 Å². The van der Waals surface area contributed by atoms with Crippen molar-refractivity contribution >= 4 is 15.8 Å². The molecule has 0 radical (unpaired) electrons. The van der Waals surface area contributed by atoms with Crippen molar-refractivity contribution in [2.45, 2.75) is 51.5 Å². The second-order valence-electron chi connectivity index (χ2n) is 8.10. The summed E-state index contributed by atoms with van der Waals surface area (Å²) in [4.78, 5) is 12.4. The van der Waals surface area contributed by atoms with Crippen LogP contribution < -0.4 is 0 Å². The number of aromatic nitrogens is 2. The number of rotatable bonds is 8. The van der Waals surface area contributed by atoms with Crippen LogP contribution in [0.3, 0.4) is 0 Å². The summed E-state index contributed by atoms with van der Waals surface area (Å²) in [6, 6.07) is 15.4. The number of hydrogen-bond acceptors (Lipinski definition) is 5. The quantitative estimate of drug-likeness (QED) is 0.454. The van der Waals surface area contributed by atoms with E-state index in [0.29, 0.717) is 17.9 Å². The zero-order valence-corrected chi connectivity index (χ0v) is 20.1. The molecule has 0 spiro atoms. The van der Waals surface area contributed by atoms with Crippen LogP contribution in [0, 0.1) is 0 Å². The highest BCUT2D eigenvalue weighted by Gasteiger charge is 2.17. The maximum absolute atomic E-state index is 12.2. The second kappa shape index (κ2) is 9.69. The standard InChI is InChI=1S/C25H30N2O4S/c1-6-18-8-13-21(14-24(18)32(5,29)30)19-9-11-20(12-10-19)23-15-22(17(3)4)26-27(23)16-25(28)31-7-2/h8-15,17H,6-7,16H2,1-5H3. The van der Waals surface area contributed by atoms with Crippen LogP contribution >= 0.6 is 0 Å². The predicted octanol–water partition coefficient (Wildman–Crippen LogP) is 4.87. The Kier molecular flexibility index (Phi) is 7.19. The van der Waals surface area contributed by atoms with E-state index in [9.17, 15) is 13.2 Å². The average Bonchev–Trinajstić information content (AvgIpc) is 3.17. The minimum atomic E-state index is -3.31. The van der Waals surface area contributed by atoms with Gasteiger partial charge in [0.15, 0.2) is 9.84 Å². The summed E-state index contributed by atoms with van der Waals surface area (Å²) in [5.41, 5.74) is 5.25. The fourth-order valence-corrected chi connectivity index (χ4v) is 4.64. The number of carbonyl (C=O) groups excluding carboxylic acids is 1. The molecule has 0 aliphatic carbocycles. The molecule has 1 heterocycles. The zero-order chi connectivity index (χ0) is 23.5. The fraction of sp³-hybridized carbons (Fsp3) is 0.360. The third kappa shape index (κ3) is 5.27. The molecule has 3 aromatic rings. The fourth-order valence-electron chi connectivity index (χ4n) is 3.61. The molecule has 0 fully saturated rings. The van der Waals surface area contributed by atoms with E-state index in [0.717, 1.165) is 33.6 Å². The molecular formula is C25H30N2O4S. The van der Waals surface area contributed by atoms with Crippen molar-refractivity contribution in [2.24, 2.45) is 0 Å². The molecule has 0 aliphatic heterocycles. The largest absolute Gasteiger partial charge is 0.465 e. The molecule has 0 bridgehead atoms. The molecule has 0 N–H and O–H groups in total. The van der Waals surface area contributed by atoms with Crippen molar-refractivity contribution in [1.82, 2.24) is 9.78 Å². The van der Waals surface area contributed by atoms with Crippen LogP contribution in [-0.2, 0) is 32.3 Å². The van der Waals surface area contributed by atoms with E-state index >= 15 is 0 Å². The number of benzene rings is 2. The van der Waals surface area contributed by atoms with E-state index in [1.807, 2.05) is 49.4 Å². The van der Waals surface area contributed by atoms with Crippen LogP contribution in [0.1, 0.15) is 44.9 Å². The third-order valence-electron chi connectivity index (χ3n) is 5.34. The summed E-state index contributed by atoms with van der Waals surface area (Å²) >= 11 is 0. The van der Waals surface area contributed by atoms with Crippen molar-refractivity contribution in [3.63, 3.8) is 0 Å². The van der Waals surface area contributed by atoms with Gasteiger partial charge in [-0.15, -0.1) is 0 Å². The van der Waals surface area contributed by atoms with E-state index in [2.05, 4.69) is 18.9 Å². The Morgan fingerprint density at radius 1 is 1.00 bits per heavy atom. The summed E-state index contributed by atoms with van der Waals surface area (Å²) in [6.45, 7) is 8.22. The van der Waals surface area contributed by atoms with E-state index in [1.54, 1.807) is 17.7 Å². The topological polar surface area (TPSA) is 78.3 Å². The van der Waals surface area contributed by atoms with Gasteiger partial charge in [0.2, 0.25) is 0 Å². The third-order valence-corrected chi connectivity index (χ3v) is 6.52. The highest BCUT2D eigenvalue weighted by atomic mass is 32.2. The summed E-state index contributed by atoms with van der Waals surface area (Å²) in [5.74, 6) is -0.101. The van der Waals surface area contributed by atoms with Crippen LogP contribution in [0.25, 0.3) is 22.4 Å². The monoisotopic (exact) mass is 454 g/mol. The highest BCUT2D eigenvalue weighted by Crippen LogP contribution is 2.29. The lowest BCUT2D eigenvalue weighted by atomic mass is 10.0. The first-order valence-corrected chi connectivity index (χ1v) is 12.7. The molecule has 3 rings (SSSR count). The summed E-state index contributed by atoms with van der Waals surface area (Å²) < 4.78 is 31.2. The number of nitrogens with zero attached hydrogens (tertiary/aromatic N) is 2. The van der Waals surface area contributed by atoms with Gasteiger partial charge in [0, 0.05) is 6.26 Å². The Morgan fingerprint density at radius 3 is 2.19 bits per heavy atom. The molecule has 2 aromatic carbocycles. The molecule has 0 aliphatic rings. The van der Waals surface area contributed by atoms with Gasteiger partial charge in [-0.1, -0.05) is 57.2 Å². The summed E-state index contributed by atoms with van der Waals surface area (Å²) in [6.07, 6.45) is 1.90. The Bertz CT molecular complexity index is 1210. The van der Waals surface area contributed by atoms with Crippen LogP contribution in [-0.4, -0.2) is 37.0 Å². The van der Waals surface area contributed by atoms with Gasteiger partial charge in [0.25, 0.3) is 0 Å². The minimum absolute atomic E-state index is 0.0494. The molecule has 0 saturated heterocycles. The lowest BCUT2D eigenvalue weighted by Crippen LogP contribution is -2.15. The van der Waals surface area contributed by atoms with Gasteiger partial charge in [0.05, 0.1) is 22.9 Å². The van der Waals surface area contributed by atoms with Gasteiger partial charge in [-0.25, -0.2) is 8.42 Å². The Morgan fingerprint density at radius 2 is 1.62 bits per heavy atom. The number of esters is 1. The maximum atomic E-state index is 12.2. The zero-order valence-electron chi connectivity index (χ0n) is 19.3. The molecule has 7 heteroatoms. The molecule has 170 valence electrons. The summed E-state index contributed by atoms with van der Waals surface area (Å²) in [5, 5.41) is 4.60. The van der Waals surface area contributed by atoms with Crippen molar-refractivity contribution in [1.29, 1.82) is 0 Å². The molecule has 1 aromatic heterocycles. The SMILES string of the molecule is CCOC(=O)Cn1nc(C(C)C)cc1-c1ccc(-c2ccc(CC)c(S(C)(=O)=O)c2)cc1. The first-order chi connectivity index (χ1) is 15.1. The van der Waals surface area contributed by atoms with Crippen LogP contribution in [0.15, 0.2) is 53.4 Å². The molecule has 0 amide bonds. The lowest BCUT2D eigenvalue weighted by Gasteiger charge is -2.11.